The number of nitrogens with one attached hydrogen (secondary N) is 1. The molecule has 0 saturated heterocycles. The maximum Gasteiger partial charge on any atom is 0.129 e. The lowest BCUT2D eigenvalue weighted by Gasteiger charge is -2.22. The molecule has 2 rings (SSSR count). The van der Waals surface area contributed by atoms with E-state index < -0.39 is 0 Å². The van der Waals surface area contributed by atoms with E-state index in [9.17, 15) is 4.39 Å². The molecule has 0 bridgehead atoms. The molecule has 106 valence electrons. The monoisotopic (exact) mass is 293 g/mol. The highest BCUT2D eigenvalue weighted by Crippen LogP contribution is 2.34. The third kappa shape index (κ3) is 2.94. The normalized spacial score (nSPS) is 12.2. The summed E-state index contributed by atoms with van der Waals surface area (Å²) in [6.07, 6.45) is 0. The molecule has 1 N–H and O–H groups in total. The van der Waals surface area contributed by atoms with Crippen LogP contribution in [0, 0.1) is 5.82 Å². The number of rotatable bonds is 5. The van der Waals surface area contributed by atoms with Gasteiger partial charge in [-0.1, -0.05) is 42.8 Å². The van der Waals surface area contributed by atoms with Crippen molar-refractivity contribution in [2.45, 2.75) is 13.0 Å². The summed E-state index contributed by atoms with van der Waals surface area (Å²) >= 11 is 6.18. The third-order valence-electron chi connectivity index (χ3n) is 3.15. The van der Waals surface area contributed by atoms with Gasteiger partial charge in [0.15, 0.2) is 0 Å². The van der Waals surface area contributed by atoms with Crippen molar-refractivity contribution in [3.63, 3.8) is 0 Å². The Morgan fingerprint density at radius 1 is 1.20 bits per heavy atom. The zero-order chi connectivity index (χ0) is 14.5. The molecule has 0 spiro atoms. The van der Waals surface area contributed by atoms with Crippen molar-refractivity contribution in [3.05, 3.63) is 64.4 Å². The van der Waals surface area contributed by atoms with Crippen LogP contribution >= 0.6 is 11.6 Å². The van der Waals surface area contributed by atoms with E-state index in [1.807, 2.05) is 31.2 Å². The second-order valence-corrected chi connectivity index (χ2v) is 4.78. The molecule has 0 fully saturated rings. The fourth-order valence-corrected chi connectivity index (χ4v) is 2.54. The molecule has 2 aromatic rings. The van der Waals surface area contributed by atoms with Crippen LogP contribution in [0.15, 0.2) is 42.5 Å². The Bertz CT molecular complexity index is 568. The molecule has 1 atom stereocenters. The smallest absolute Gasteiger partial charge is 0.129 e. The van der Waals surface area contributed by atoms with E-state index in [0.29, 0.717) is 22.9 Å². The van der Waals surface area contributed by atoms with Gasteiger partial charge in [-0.05, 0) is 24.7 Å². The first-order valence-electron chi connectivity index (χ1n) is 6.49. The highest BCUT2D eigenvalue weighted by molar-refractivity contribution is 6.31. The van der Waals surface area contributed by atoms with Crippen LogP contribution in [0.3, 0.4) is 0 Å². The van der Waals surface area contributed by atoms with E-state index in [2.05, 4.69) is 5.32 Å². The number of benzene rings is 2. The van der Waals surface area contributed by atoms with Crippen molar-refractivity contribution in [2.24, 2.45) is 0 Å². The Kier molecular flexibility index (Phi) is 4.99. The predicted molar refractivity (Wildman–Crippen MR) is 79.9 cm³/mol. The first-order chi connectivity index (χ1) is 9.69. The molecule has 0 aliphatic rings. The van der Waals surface area contributed by atoms with E-state index in [4.69, 9.17) is 16.3 Å². The van der Waals surface area contributed by atoms with Gasteiger partial charge in [-0.3, -0.25) is 0 Å². The van der Waals surface area contributed by atoms with Crippen molar-refractivity contribution in [1.82, 2.24) is 5.32 Å². The van der Waals surface area contributed by atoms with E-state index in [1.165, 1.54) is 6.07 Å². The summed E-state index contributed by atoms with van der Waals surface area (Å²) < 4.78 is 19.5. The fourth-order valence-electron chi connectivity index (χ4n) is 2.26. The summed E-state index contributed by atoms with van der Waals surface area (Å²) in [5, 5.41) is 3.67. The standard InChI is InChI=1S/C16H17ClFNO/c1-3-19-16(11-7-4-5-10-14(11)20-2)15-12(17)8-6-9-13(15)18/h4-10,16,19H,3H2,1-2H3. The molecular formula is C16H17ClFNO. The molecule has 20 heavy (non-hydrogen) atoms. The summed E-state index contributed by atoms with van der Waals surface area (Å²) in [7, 11) is 1.60. The van der Waals surface area contributed by atoms with E-state index >= 15 is 0 Å². The highest BCUT2D eigenvalue weighted by Gasteiger charge is 2.22. The van der Waals surface area contributed by atoms with Crippen molar-refractivity contribution in [1.29, 1.82) is 0 Å². The zero-order valence-corrected chi connectivity index (χ0v) is 12.2. The average Bonchev–Trinajstić information content (AvgIpc) is 2.46. The lowest BCUT2D eigenvalue weighted by Crippen LogP contribution is -2.24. The van der Waals surface area contributed by atoms with Crippen molar-refractivity contribution in [3.8, 4) is 5.75 Å². The van der Waals surface area contributed by atoms with E-state index in [1.54, 1.807) is 19.2 Å². The molecule has 0 radical (unpaired) electrons. The molecule has 0 aromatic heterocycles. The average molecular weight is 294 g/mol. The summed E-state index contributed by atoms with van der Waals surface area (Å²) in [6, 6.07) is 11.9. The Balaban J connectivity index is 2.56. The van der Waals surface area contributed by atoms with E-state index in [0.717, 1.165) is 5.56 Å². The number of para-hydroxylation sites is 1. The first-order valence-corrected chi connectivity index (χ1v) is 6.87. The van der Waals surface area contributed by atoms with Gasteiger partial charge in [0.05, 0.1) is 13.2 Å². The molecule has 2 aromatic carbocycles. The van der Waals surface area contributed by atoms with Gasteiger partial charge in [0.1, 0.15) is 11.6 Å². The van der Waals surface area contributed by atoms with Crippen LogP contribution in [0.25, 0.3) is 0 Å². The minimum Gasteiger partial charge on any atom is -0.496 e. The van der Waals surface area contributed by atoms with Crippen LogP contribution in [0.4, 0.5) is 4.39 Å². The minimum absolute atomic E-state index is 0.325. The molecule has 4 heteroatoms. The van der Waals surface area contributed by atoms with Gasteiger partial charge in [0.25, 0.3) is 0 Å². The van der Waals surface area contributed by atoms with Gasteiger partial charge in [-0.15, -0.1) is 0 Å². The summed E-state index contributed by atoms with van der Waals surface area (Å²) in [4.78, 5) is 0. The number of hydrogen-bond donors (Lipinski definition) is 1. The highest BCUT2D eigenvalue weighted by atomic mass is 35.5. The molecule has 0 aliphatic heterocycles. The topological polar surface area (TPSA) is 21.3 Å². The summed E-state index contributed by atoms with van der Waals surface area (Å²) in [5.41, 5.74) is 1.31. The van der Waals surface area contributed by atoms with Crippen molar-refractivity contribution >= 4 is 11.6 Å². The van der Waals surface area contributed by atoms with Crippen molar-refractivity contribution in [2.75, 3.05) is 13.7 Å². The lowest BCUT2D eigenvalue weighted by molar-refractivity contribution is 0.403. The molecule has 0 saturated carbocycles. The summed E-state index contributed by atoms with van der Waals surface area (Å²) in [5.74, 6) is 0.382. The van der Waals surface area contributed by atoms with Gasteiger partial charge in [0.2, 0.25) is 0 Å². The molecular weight excluding hydrogens is 277 g/mol. The van der Waals surface area contributed by atoms with Crippen LogP contribution in [-0.4, -0.2) is 13.7 Å². The predicted octanol–water partition coefficient (Wildman–Crippen LogP) is 4.19. The maximum absolute atomic E-state index is 14.2. The maximum atomic E-state index is 14.2. The number of ether oxygens (including phenoxy) is 1. The molecule has 0 aliphatic carbocycles. The SMILES string of the molecule is CCNC(c1ccccc1OC)c1c(F)cccc1Cl. The fraction of sp³-hybridized carbons (Fsp3) is 0.250. The van der Waals surface area contributed by atoms with Gasteiger partial charge >= 0.3 is 0 Å². The Morgan fingerprint density at radius 3 is 2.60 bits per heavy atom. The lowest BCUT2D eigenvalue weighted by atomic mass is 9.97. The van der Waals surface area contributed by atoms with Crippen molar-refractivity contribution < 1.29 is 9.13 Å². The van der Waals surface area contributed by atoms with E-state index in [-0.39, 0.29) is 11.9 Å². The van der Waals surface area contributed by atoms with Crippen LogP contribution in [-0.2, 0) is 0 Å². The second kappa shape index (κ2) is 6.73. The van der Waals surface area contributed by atoms with Crippen LogP contribution in [0.1, 0.15) is 24.1 Å². The number of hydrogen-bond acceptors (Lipinski definition) is 2. The second-order valence-electron chi connectivity index (χ2n) is 4.37. The van der Waals surface area contributed by atoms with Gasteiger partial charge in [-0.2, -0.15) is 0 Å². The molecule has 0 amide bonds. The van der Waals surface area contributed by atoms with Crippen LogP contribution in [0.2, 0.25) is 5.02 Å². The molecule has 0 heterocycles. The number of methoxy groups -OCH3 is 1. The van der Waals surface area contributed by atoms with Gasteiger partial charge in [0, 0.05) is 16.1 Å². The Hall–Kier alpha value is -1.58. The molecule has 1 unspecified atom stereocenters. The van der Waals surface area contributed by atoms with Crippen LogP contribution < -0.4 is 10.1 Å². The summed E-state index contributed by atoms with van der Waals surface area (Å²) in [6.45, 7) is 2.66. The number of halogens is 2. The zero-order valence-electron chi connectivity index (χ0n) is 11.5. The minimum atomic E-state index is -0.343. The van der Waals surface area contributed by atoms with Gasteiger partial charge < -0.3 is 10.1 Å². The first kappa shape index (κ1) is 14.8. The Labute approximate surface area is 123 Å². The van der Waals surface area contributed by atoms with Gasteiger partial charge in [-0.25, -0.2) is 4.39 Å². The largest absolute Gasteiger partial charge is 0.496 e. The third-order valence-corrected chi connectivity index (χ3v) is 3.48. The quantitative estimate of drug-likeness (QED) is 0.892. The Morgan fingerprint density at radius 2 is 1.95 bits per heavy atom. The van der Waals surface area contributed by atoms with Crippen LogP contribution in [0.5, 0.6) is 5.75 Å². The molecule has 2 nitrogen and oxygen atoms in total.